The van der Waals surface area contributed by atoms with Gasteiger partial charge in [0.05, 0.1) is 24.8 Å². The maximum absolute atomic E-state index is 12.8. The molecule has 1 saturated heterocycles. The van der Waals surface area contributed by atoms with Gasteiger partial charge in [0.15, 0.2) is 0 Å². The van der Waals surface area contributed by atoms with Crippen LogP contribution in [-0.4, -0.2) is 40.9 Å². The number of hydrogen-bond acceptors (Lipinski definition) is 3. The molecule has 2 N–H and O–H groups in total. The first kappa shape index (κ1) is 20.6. The number of carbonyl (C=O) groups is 3. The summed E-state index contributed by atoms with van der Waals surface area (Å²) in [4.78, 5) is 38.5. The second-order valence-corrected chi connectivity index (χ2v) is 7.41. The van der Waals surface area contributed by atoms with Crippen molar-refractivity contribution in [2.75, 3.05) is 13.1 Å². The van der Waals surface area contributed by atoms with Gasteiger partial charge in [0.1, 0.15) is 0 Å². The summed E-state index contributed by atoms with van der Waals surface area (Å²) in [6, 6.07) is 18.1. The van der Waals surface area contributed by atoms with Crippen LogP contribution >= 0.6 is 0 Å². The quantitative estimate of drug-likeness (QED) is 0.756. The topological polar surface area (TPSA) is 86.7 Å². The molecule has 0 aliphatic carbocycles. The summed E-state index contributed by atoms with van der Waals surface area (Å²) in [6.45, 7) is 1.01. The van der Waals surface area contributed by atoms with Crippen LogP contribution in [0.15, 0.2) is 60.7 Å². The van der Waals surface area contributed by atoms with E-state index in [1.807, 2.05) is 60.7 Å². The molecule has 3 rings (SSSR count). The van der Waals surface area contributed by atoms with Gasteiger partial charge in [-0.3, -0.25) is 14.4 Å². The average Bonchev–Trinajstić information content (AvgIpc) is 2.74. The second-order valence-electron chi connectivity index (χ2n) is 7.41. The lowest BCUT2D eigenvalue weighted by Gasteiger charge is -2.33. The molecule has 1 aliphatic heterocycles. The van der Waals surface area contributed by atoms with Gasteiger partial charge < -0.3 is 15.3 Å². The number of amides is 2. The minimum Gasteiger partial charge on any atom is -0.481 e. The maximum atomic E-state index is 12.8. The number of carboxylic acid groups (broad SMARTS) is 1. The molecule has 1 heterocycles. The molecular formula is C23H26N2O4. The van der Waals surface area contributed by atoms with Crippen molar-refractivity contribution in [2.45, 2.75) is 31.7 Å². The summed E-state index contributed by atoms with van der Waals surface area (Å²) < 4.78 is 0. The van der Waals surface area contributed by atoms with Crippen LogP contribution in [0.3, 0.4) is 0 Å². The Kier molecular flexibility index (Phi) is 7.00. The van der Waals surface area contributed by atoms with Crippen molar-refractivity contribution in [3.8, 4) is 0 Å². The number of likely N-dealkylation sites (tertiary alicyclic amines) is 1. The third-order valence-electron chi connectivity index (χ3n) is 5.24. The van der Waals surface area contributed by atoms with E-state index in [0.717, 1.165) is 17.5 Å². The summed E-state index contributed by atoms with van der Waals surface area (Å²) >= 11 is 0. The van der Waals surface area contributed by atoms with Gasteiger partial charge in [-0.1, -0.05) is 60.7 Å². The summed E-state index contributed by atoms with van der Waals surface area (Å²) in [5.74, 6) is -1.48. The number of carbonyl (C=O) groups excluding carboxylic acids is 2. The van der Waals surface area contributed by atoms with Crippen LogP contribution in [0, 0.1) is 5.92 Å². The Morgan fingerprint density at radius 2 is 1.69 bits per heavy atom. The van der Waals surface area contributed by atoms with Crippen molar-refractivity contribution >= 4 is 17.8 Å². The highest BCUT2D eigenvalue weighted by Crippen LogP contribution is 2.21. The first-order chi connectivity index (χ1) is 14.0. The Bertz CT molecular complexity index is 838. The zero-order chi connectivity index (χ0) is 20.6. The smallest absolute Gasteiger partial charge is 0.305 e. The second kappa shape index (κ2) is 9.87. The minimum absolute atomic E-state index is 0.0128. The van der Waals surface area contributed by atoms with E-state index in [1.54, 1.807) is 4.90 Å². The van der Waals surface area contributed by atoms with E-state index >= 15 is 0 Å². The Morgan fingerprint density at radius 3 is 2.34 bits per heavy atom. The highest BCUT2D eigenvalue weighted by atomic mass is 16.4. The number of benzene rings is 2. The molecule has 0 aromatic heterocycles. The van der Waals surface area contributed by atoms with Crippen LogP contribution in [0.4, 0.5) is 0 Å². The van der Waals surface area contributed by atoms with Crippen molar-refractivity contribution < 1.29 is 19.5 Å². The molecule has 2 amide bonds. The van der Waals surface area contributed by atoms with E-state index in [-0.39, 0.29) is 24.2 Å². The minimum atomic E-state index is -0.970. The van der Waals surface area contributed by atoms with E-state index in [0.29, 0.717) is 25.9 Å². The number of rotatable bonds is 7. The fourth-order valence-corrected chi connectivity index (χ4v) is 3.70. The largest absolute Gasteiger partial charge is 0.481 e. The molecule has 29 heavy (non-hydrogen) atoms. The molecule has 2 aromatic carbocycles. The Labute approximate surface area is 170 Å². The van der Waals surface area contributed by atoms with Crippen LogP contribution in [0.5, 0.6) is 0 Å². The molecule has 0 bridgehead atoms. The lowest BCUT2D eigenvalue weighted by Crippen LogP contribution is -2.46. The fraction of sp³-hybridized carbons (Fsp3) is 0.348. The third-order valence-corrected chi connectivity index (χ3v) is 5.24. The van der Waals surface area contributed by atoms with Gasteiger partial charge in [-0.2, -0.15) is 0 Å². The third kappa shape index (κ3) is 5.91. The first-order valence-electron chi connectivity index (χ1n) is 9.91. The SMILES string of the molecule is O=C(O)CC(NC(=O)C1CCCN(C(=O)Cc2ccccc2)C1)c1ccccc1. The van der Waals surface area contributed by atoms with E-state index in [2.05, 4.69) is 5.32 Å². The Morgan fingerprint density at radius 1 is 1.03 bits per heavy atom. The summed E-state index contributed by atoms with van der Waals surface area (Å²) in [7, 11) is 0. The maximum Gasteiger partial charge on any atom is 0.305 e. The van der Waals surface area contributed by atoms with Crippen LogP contribution < -0.4 is 5.32 Å². The van der Waals surface area contributed by atoms with E-state index in [9.17, 15) is 19.5 Å². The zero-order valence-corrected chi connectivity index (χ0v) is 16.3. The number of nitrogens with zero attached hydrogens (tertiary/aromatic N) is 1. The Balaban J connectivity index is 1.62. The van der Waals surface area contributed by atoms with E-state index in [1.165, 1.54) is 0 Å². The van der Waals surface area contributed by atoms with Crippen molar-refractivity contribution in [3.63, 3.8) is 0 Å². The average molecular weight is 394 g/mol. The number of piperidine rings is 1. The molecule has 6 heteroatoms. The van der Waals surface area contributed by atoms with Gasteiger partial charge in [0.2, 0.25) is 11.8 Å². The Hall–Kier alpha value is -3.15. The number of nitrogens with one attached hydrogen (secondary N) is 1. The number of carboxylic acids is 1. The molecule has 152 valence electrons. The first-order valence-corrected chi connectivity index (χ1v) is 9.91. The normalized spacial score (nSPS) is 17.4. The van der Waals surface area contributed by atoms with Gasteiger partial charge in [-0.25, -0.2) is 0 Å². The highest BCUT2D eigenvalue weighted by molar-refractivity contribution is 5.83. The van der Waals surface area contributed by atoms with E-state index < -0.39 is 12.0 Å². The van der Waals surface area contributed by atoms with Gasteiger partial charge in [-0.05, 0) is 24.0 Å². The predicted molar refractivity (Wildman–Crippen MR) is 109 cm³/mol. The predicted octanol–water partition coefficient (Wildman–Crippen LogP) is 2.80. The summed E-state index contributed by atoms with van der Waals surface area (Å²) in [5, 5.41) is 12.1. The van der Waals surface area contributed by atoms with Crippen LogP contribution in [0.1, 0.15) is 36.4 Å². The highest BCUT2D eigenvalue weighted by Gasteiger charge is 2.30. The van der Waals surface area contributed by atoms with Crippen LogP contribution in [0.25, 0.3) is 0 Å². The zero-order valence-electron chi connectivity index (χ0n) is 16.3. The lowest BCUT2D eigenvalue weighted by atomic mass is 9.95. The van der Waals surface area contributed by atoms with Crippen molar-refractivity contribution in [2.24, 2.45) is 5.92 Å². The summed E-state index contributed by atoms with van der Waals surface area (Å²) in [6.07, 6.45) is 1.59. The molecule has 1 aliphatic rings. The van der Waals surface area contributed by atoms with Gasteiger partial charge >= 0.3 is 5.97 Å². The van der Waals surface area contributed by atoms with Gasteiger partial charge in [0.25, 0.3) is 0 Å². The van der Waals surface area contributed by atoms with Crippen LogP contribution in [-0.2, 0) is 20.8 Å². The molecule has 0 radical (unpaired) electrons. The molecule has 2 atom stereocenters. The fourth-order valence-electron chi connectivity index (χ4n) is 3.70. The molecule has 1 fully saturated rings. The van der Waals surface area contributed by atoms with Crippen molar-refractivity contribution in [1.29, 1.82) is 0 Å². The molecule has 2 unspecified atom stereocenters. The molecule has 0 saturated carbocycles. The van der Waals surface area contributed by atoms with Crippen molar-refractivity contribution in [1.82, 2.24) is 10.2 Å². The van der Waals surface area contributed by atoms with Crippen molar-refractivity contribution in [3.05, 3.63) is 71.8 Å². The summed E-state index contributed by atoms with van der Waals surface area (Å²) in [5.41, 5.74) is 1.71. The monoisotopic (exact) mass is 394 g/mol. The molecule has 2 aromatic rings. The van der Waals surface area contributed by atoms with Gasteiger partial charge in [-0.15, -0.1) is 0 Å². The standard InChI is InChI=1S/C23H26N2O4/c26-21(14-17-8-3-1-4-9-17)25-13-7-12-19(16-25)23(29)24-20(15-22(27)28)18-10-5-2-6-11-18/h1-6,8-11,19-20H,7,12-16H2,(H,24,29)(H,27,28). The lowest BCUT2D eigenvalue weighted by molar-refractivity contribution is -0.138. The molecule has 6 nitrogen and oxygen atoms in total. The molecular weight excluding hydrogens is 368 g/mol. The van der Waals surface area contributed by atoms with Gasteiger partial charge in [0, 0.05) is 13.1 Å². The molecule has 0 spiro atoms. The van der Waals surface area contributed by atoms with E-state index in [4.69, 9.17) is 0 Å². The number of hydrogen-bond donors (Lipinski definition) is 2. The number of aliphatic carboxylic acids is 1. The van der Waals surface area contributed by atoms with Crippen LogP contribution in [0.2, 0.25) is 0 Å².